The molecule has 4 nitrogen and oxygen atoms in total. The summed E-state index contributed by atoms with van der Waals surface area (Å²) in [5.41, 5.74) is 0. The molecular formula is C10H19NO3. The Balaban J connectivity index is 4.30. The molecule has 0 bridgehead atoms. The van der Waals surface area contributed by atoms with Gasteiger partial charge >= 0.3 is 5.97 Å². The second-order valence-electron chi connectivity index (χ2n) is 3.75. The number of hydrogen-bond donors (Lipinski definition) is 0. The molecule has 0 aliphatic rings. The molecule has 0 heterocycles. The van der Waals surface area contributed by atoms with Crippen LogP contribution < -0.4 is 0 Å². The van der Waals surface area contributed by atoms with E-state index in [1.165, 1.54) is 14.0 Å². The summed E-state index contributed by atoms with van der Waals surface area (Å²) in [6.07, 6.45) is 0.509. The van der Waals surface area contributed by atoms with Crippen molar-refractivity contribution in [2.24, 2.45) is 5.92 Å². The third-order valence-electron chi connectivity index (χ3n) is 2.27. The van der Waals surface area contributed by atoms with Gasteiger partial charge in [-0.05, 0) is 27.4 Å². The Morgan fingerprint density at radius 1 is 1.36 bits per heavy atom. The minimum absolute atomic E-state index is 0.0748. The third kappa shape index (κ3) is 3.87. The number of nitrogens with zero attached hydrogens (tertiary/aromatic N) is 1. The van der Waals surface area contributed by atoms with Crippen LogP contribution in [0.25, 0.3) is 0 Å². The van der Waals surface area contributed by atoms with Crippen molar-refractivity contribution in [3.8, 4) is 0 Å². The van der Waals surface area contributed by atoms with Gasteiger partial charge in [0.05, 0.1) is 19.1 Å². The van der Waals surface area contributed by atoms with Gasteiger partial charge in [-0.3, -0.25) is 14.5 Å². The van der Waals surface area contributed by atoms with Gasteiger partial charge in [-0.15, -0.1) is 0 Å². The monoisotopic (exact) mass is 201 g/mol. The number of carbonyl (C=O) groups is 2. The topological polar surface area (TPSA) is 46.6 Å². The summed E-state index contributed by atoms with van der Waals surface area (Å²) in [5, 5.41) is 0. The molecule has 0 fully saturated rings. The highest BCUT2D eigenvalue weighted by atomic mass is 16.5. The number of ketones is 1. The lowest BCUT2D eigenvalue weighted by molar-refractivity contribution is -0.145. The van der Waals surface area contributed by atoms with Crippen molar-refractivity contribution in [2.45, 2.75) is 26.3 Å². The van der Waals surface area contributed by atoms with Crippen LogP contribution in [0.15, 0.2) is 0 Å². The maximum absolute atomic E-state index is 11.2. The highest BCUT2D eigenvalue weighted by Gasteiger charge is 2.23. The average molecular weight is 201 g/mol. The number of Topliss-reactive ketones (excluding diaryl/α,β-unsaturated/α-hetero) is 1. The number of methoxy groups -OCH3 is 1. The van der Waals surface area contributed by atoms with Crippen LogP contribution >= 0.6 is 0 Å². The van der Waals surface area contributed by atoms with Crippen LogP contribution in [-0.4, -0.2) is 43.9 Å². The van der Waals surface area contributed by atoms with Crippen molar-refractivity contribution >= 4 is 11.8 Å². The Labute approximate surface area is 85.2 Å². The van der Waals surface area contributed by atoms with Crippen LogP contribution in [0.1, 0.15) is 20.3 Å². The molecule has 0 spiro atoms. The van der Waals surface area contributed by atoms with Gasteiger partial charge in [-0.1, -0.05) is 6.92 Å². The Morgan fingerprint density at radius 3 is 2.14 bits per heavy atom. The summed E-state index contributed by atoms with van der Waals surface area (Å²) in [6, 6.07) is -0.205. The van der Waals surface area contributed by atoms with Crippen molar-refractivity contribution in [3.63, 3.8) is 0 Å². The van der Waals surface area contributed by atoms with Gasteiger partial charge in [-0.25, -0.2) is 0 Å². The third-order valence-corrected chi connectivity index (χ3v) is 2.27. The van der Waals surface area contributed by atoms with Gasteiger partial charge in [0.25, 0.3) is 0 Å². The SMILES string of the molecule is COC(=O)C(C)CC(C(C)=O)N(C)C. The maximum Gasteiger partial charge on any atom is 0.308 e. The average Bonchev–Trinajstić information content (AvgIpc) is 2.11. The van der Waals surface area contributed by atoms with Crippen molar-refractivity contribution in [1.29, 1.82) is 0 Å². The Bertz CT molecular complexity index is 213. The molecule has 14 heavy (non-hydrogen) atoms. The number of esters is 1. The Morgan fingerprint density at radius 2 is 1.86 bits per heavy atom. The molecule has 0 rings (SSSR count). The summed E-state index contributed by atoms with van der Waals surface area (Å²) < 4.78 is 4.60. The number of rotatable bonds is 5. The molecular weight excluding hydrogens is 182 g/mol. The highest BCUT2D eigenvalue weighted by molar-refractivity contribution is 5.82. The highest BCUT2D eigenvalue weighted by Crippen LogP contribution is 2.12. The summed E-state index contributed by atoms with van der Waals surface area (Å²) in [6.45, 7) is 3.31. The van der Waals surface area contributed by atoms with Crippen molar-refractivity contribution in [2.75, 3.05) is 21.2 Å². The smallest absolute Gasteiger partial charge is 0.308 e. The molecule has 0 amide bonds. The van der Waals surface area contributed by atoms with Crippen LogP contribution in [0, 0.1) is 5.92 Å². The van der Waals surface area contributed by atoms with E-state index in [2.05, 4.69) is 4.74 Å². The molecule has 0 saturated carbocycles. The molecule has 82 valence electrons. The van der Waals surface area contributed by atoms with E-state index in [0.717, 1.165) is 0 Å². The molecule has 0 aliphatic carbocycles. The minimum atomic E-state index is -0.266. The Hall–Kier alpha value is -0.900. The van der Waals surface area contributed by atoms with Crippen LogP contribution in [0.3, 0.4) is 0 Å². The van der Waals surface area contributed by atoms with Crippen molar-refractivity contribution < 1.29 is 14.3 Å². The first-order valence-corrected chi connectivity index (χ1v) is 4.64. The lowest BCUT2D eigenvalue weighted by Crippen LogP contribution is -2.37. The van der Waals surface area contributed by atoms with E-state index in [1.54, 1.807) is 6.92 Å². The van der Waals surface area contributed by atoms with E-state index >= 15 is 0 Å². The van der Waals surface area contributed by atoms with Gasteiger partial charge in [0, 0.05) is 0 Å². The second-order valence-corrected chi connectivity index (χ2v) is 3.75. The zero-order chi connectivity index (χ0) is 11.3. The molecule has 0 aromatic rings. The molecule has 4 heteroatoms. The van der Waals surface area contributed by atoms with E-state index in [1.807, 2.05) is 19.0 Å². The number of carbonyl (C=O) groups excluding carboxylic acids is 2. The van der Waals surface area contributed by atoms with E-state index in [-0.39, 0.29) is 23.7 Å². The number of ether oxygens (including phenoxy) is 1. The number of hydrogen-bond acceptors (Lipinski definition) is 4. The van der Waals surface area contributed by atoms with Crippen LogP contribution in [0.2, 0.25) is 0 Å². The van der Waals surface area contributed by atoms with Crippen LogP contribution in [0.5, 0.6) is 0 Å². The molecule has 0 aromatic heterocycles. The zero-order valence-corrected chi connectivity index (χ0v) is 9.53. The predicted molar refractivity (Wildman–Crippen MR) is 54.0 cm³/mol. The quantitative estimate of drug-likeness (QED) is 0.614. The fraction of sp³-hybridized carbons (Fsp3) is 0.800. The van der Waals surface area contributed by atoms with E-state index in [4.69, 9.17) is 0 Å². The molecule has 0 aliphatic heterocycles. The van der Waals surface area contributed by atoms with Gasteiger partial charge < -0.3 is 4.74 Å². The van der Waals surface area contributed by atoms with Crippen molar-refractivity contribution in [3.05, 3.63) is 0 Å². The summed E-state index contributed by atoms with van der Waals surface area (Å²) in [5.74, 6) is -0.430. The zero-order valence-electron chi connectivity index (χ0n) is 9.53. The summed E-state index contributed by atoms with van der Waals surface area (Å²) >= 11 is 0. The molecule has 2 unspecified atom stereocenters. The van der Waals surface area contributed by atoms with Crippen LogP contribution in [-0.2, 0) is 14.3 Å². The summed E-state index contributed by atoms with van der Waals surface area (Å²) in [7, 11) is 5.02. The van der Waals surface area contributed by atoms with E-state index in [0.29, 0.717) is 6.42 Å². The first-order chi connectivity index (χ1) is 6.40. The first kappa shape index (κ1) is 13.1. The van der Waals surface area contributed by atoms with Gasteiger partial charge in [-0.2, -0.15) is 0 Å². The minimum Gasteiger partial charge on any atom is -0.469 e. The lowest BCUT2D eigenvalue weighted by Gasteiger charge is -2.23. The summed E-state index contributed by atoms with van der Waals surface area (Å²) in [4.78, 5) is 24.2. The van der Waals surface area contributed by atoms with E-state index < -0.39 is 0 Å². The molecule has 2 atom stereocenters. The van der Waals surface area contributed by atoms with Crippen LogP contribution in [0.4, 0.5) is 0 Å². The normalized spacial score (nSPS) is 15.0. The fourth-order valence-electron chi connectivity index (χ4n) is 1.37. The maximum atomic E-state index is 11.2. The number of likely N-dealkylation sites (N-methyl/N-ethyl adjacent to an activating group) is 1. The Kier molecular flexibility index (Phi) is 5.38. The molecule has 0 N–H and O–H groups in total. The van der Waals surface area contributed by atoms with Gasteiger partial charge in [0.2, 0.25) is 0 Å². The van der Waals surface area contributed by atoms with E-state index in [9.17, 15) is 9.59 Å². The fourth-order valence-corrected chi connectivity index (χ4v) is 1.37. The molecule has 0 aromatic carbocycles. The van der Waals surface area contributed by atoms with Gasteiger partial charge in [0.1, 0.15) is 5.78 Å². The molecule has 0 radical (unpaired) electrons. The molecule has 0 saturated heterocycles. The largest absolute Gasteiger partial charge is 0.469 e. The predicted octanol–water partition coefficient (Wildman–Crippen LogP) is 0.705. The van der Waals surface area contributed by atoms with Gasteiger partial charge in [0.15, 0.2) is 0 Å². The van der Waals surface area contributed by atoms with Crippen molar-refractivity contribution in [1.82, 2.24) is 4.90 Å². The second kappa shape index (κ2) is 5.75. The standard InChI is InChI=1S/C10H19NO3/c1-7(10(13)14-5)6-9(8(2)12)11(3)4/h7,9H,6H2,1-5H3. The first-order valence-electron chi connectivity index (χ1n) is 4.64. The lowest BCUT2D eigenvalue weighted by atomic mass is 9.99.